The molecule has 2 aromatic carbocycles. The molecule has 1 atom stereocenters. The Morgan fingerprint density at radius 3 is 2.00 bits per heavy atom. The van der Waals surface area contributed by atoms with Crippen molar-refractivity contribution in [1.82, 2.24) is 0 Å². The van der Waals surface area contributed by atoms with Crippen LogP contribution in [0.3, 0.4) is 0 Å². The molecule has 0 bridgehead atoms. The van der Waals surface area contributed by atoms with Crippen LogP contribution in [0.5, 0.6) is 5.75 Å². The number of aryl methyl sites for hydroxylation is 1. The molecule has 0 aliphatic rings. The first kappa shape index (κ1) is 17.2. The summed E-state index contributed by atoms with van der Waals surface area (Å²) in [6, 6.07) is 14.8. The van der Waals surface area contributed by atoms with E-state index in [4.69, 9.17) is 4.74 Å². The van der Waals surface area contributed by atoms with Gasteiger partial charge in [0.1, 0.15) is 11.9 Å². The zero-order chi connectivity index (χ0) is 17.0. The van der Waals surface area contributed by atoms with Gasteiger partial charge in [-0.1, -0.05) is 48.9 Å². The highest BCUT2D eigenvalue weighted by Gasteiger charge is 2.27. The quantitative estimate of drug-likeness (QED) is 0.657. The molecule has 0 aromatic heterocycles. The van der Waals surface area contributed by atoms with E-state index in [1.165, 1.54) is 0 Å². The van der Waals surface area contributed by atoms with E-state index in [2.05, 4.69) is 0 Å². The molecule has 0 spiro atoms. The number of aliphatic hydroxyl groups excluding tert-OH is 1. The minimum absolute atomic E-state index is 0.244. The van der Waals surface area contributed by atoms with Gasteiger partial charge in [0.05, 0.1) is 5.41 Å². The van der Waals surface area contributed by atoms with Crippen molar-refractivity contribution in [3.8, 4) is 5.75 Å². The monoisotopic (exact) mass is 312 g/mol. The Labute approximate surface area is 137 Å². The minimum atomic E-state index is -0.688. The zero-order valence-electron chi connectivity index (χ0n) is 14.2. The van der Waals surface area contributed by atoms with Gasteiger partial charge in [-0.2, -0.15) is 0 Å². The van der Waals surface area contributed by atoms with Crippen LogP contribution in [0.1, 0.15) is 50.0 Å². The Hall–Kier alpha value is -2.13. The van der Waals surface area contributed by atoms with E-state index >= 15 is 0 Å². The lowest BCUT2D eigenvalue weighted by Gasteiger charge is -2.20. The van der Waals surface area contributed by atoms with Gasteiger partial charge in [-0.05, 0) is 50.5 Å². The second kappa shape index (κ2) is 6.97. The Morgan fingerprint density at radius 1 is 1.04 bits per heavy atom. The summed E-state index contributed by atoms with van der Waals surface area (Å²) in [7, 11) is 0. The molecular formula is C20H24O3. The van der Waals surface area contributed by atoms with Gasteiger partial charge in [0.2, 0.25) is 0 Å². The van der Waals surface area contributed by atoms with Gasteiger partial charge in [0.25, 0.3) is 0 Å². The Morgan fingerprint density at radius 2 is 1.52 bits per heavy atom. The van der Waals surface area contributed by atoms with Crippen molar-refractivity contribution >= 4 is 5.97 Å². The lowest BCUT2D eigenvalue weighted by molar-refractivity contribution is -0.144. The summed E-state index contributed by atoms with van der Waals surface area (Å²) in [5.74, 6) is 0.253. The molecule has 2 rings (SSSR count). The maximum atomic E-state index is 12.1. The average molecular weight is 312 g/mol. The van der Waals surface area contributed by atoms with E-state index in [9.17, 15) is 9.90 Å². The second-order valence-corrected chi connectivity index (χ2v) is 6.51. The van der Waals surface area contributed by atoms with Gasteiger partial charge < -0.3 is 9.84 Å². The summed E-state index contributed by atoms with van der Waals surface area (Å²) in [5, 5.41) is 10.4. The molecule has 0 saturated heterocycles. The number of benzene rings is 2. The number of esters is 1. The molecule has 122 valence electrons. The largest absolute Gasteiger partial charge is 0.426 e. The molecule has 0 aliphatic heterocycles. The first-order valence-electron chi connectivity index (χ1n) is 7.90. The van der Waals surface area contributed by atoms with Crippen LogP contribution in [0.2, 0.25) is 0 Å². The summed E-state index contributed by atoms with van der Waals surface area (Å²) < 4.78 is 5.41. The van der Waals surface area contributed by atoms with Crippen molar-refractivity contribution < 1.29 is 14.6 Å². The van der Waals surface area contributed by atoms with Crippen LogP contribution in [-0.2, 0) is 4.79 Å². The van der Waals surface area contributed by atoms with Gasteiger partial charge >= 0.3 is 5.97 Å². The number of carbonyl (C=O) groups excluding carboxylic acids is 1. The standard InChI is InChI=1S/C20H24O3/c1-5-20(3,4)19(22)23-17-12-10-16(11-13-17)18(21)15-8-6-14(2)7-9-15/h6-13,18,21H,5H2,1-4H3. The number of rotatable bonds is 5. The predicted octanol–water partition coefficient (Wildman–Crippen LogP) is 4.42. The van der Waals surface area contributed by atoms with Crippen LogP contribution in [0.25, 0.3) is 0 Å². The first-order chi connectivity index (χ1) is 10.8. The lowest BCUT2D eigenvalue weighted by Crippen LogP contribution is -2.28. The predicted molar refractivity (Wildman–Crippen MR) is 91.4 cm³/mol. The summed E-state index contributed by atoms with van der Waals surface area (Å²) in [4.78, 5) is 12.1. The molecule has 2 aromatic rings. The normalized spacial score (nSPS) is 12.7. The molecule has 3 heteroatoms. The third kappa shape index (κ3) is 4.20. The van der Waals surface area contributed by atoms with Crippen LogP contribution in [0, 0.1) is 12.3 Å². The molecule has 0 heterocycles. The Bertz CT molecular complexity index is 654. The van der Waals surface area contributed by atoms with Crippen LogP contribution < -0.4 is 4.74 Å². The second-order valence-electron chi connectivity index (χ2n) is 6.51. The van der Waals surface area contributed by atoms with Gasteiger partial charge in [-0.25, -0.2) is 0 Å². The van der Waals surface area contributed by atoms with E-state index < -0.39 is 11.5 Å². The molecule has 0 fully saturated rings. The fourth-order valence-corrected chi connectivity index (χ4v) is 2.05. The average Bonchev–Trinajstić information content (AvgIpc) is 2.55. The maximum Gasteiger partial charge on any atom is 0.316 e. The lowest BCUT2D eigenvalue weighted by atomic mass is 9.91. The summed E-state index contributed by atoms with van der Waals surface area (Å²) in [6.45, 7) is 7.70. The van der Waals surface area contributed by atoms with E-state index in [0.29, 0.717) is 5.75 Å². The molecule has 0 aliphatic carbocycles. The highest BCUT2D eigenvalue weighted by atomic mass is 16.5. The fraction of sp³-hybridized carbons (Fsp3) is 0.350. The number of hydrogen-bond acceptors (Lipinski definition) is 3. The van der Waals surface area contributed by atoms with Crippen molar-refractivity contribution in [3.05, 3.63) is 65.2 Å². The maximum absolute atomic E-state index is 12.1. The van der Waals surface area contributed by atoms with Crippen molar-refractivity contribution in [2.24, 2.45) is 5.41 Å². The fourth-order valence-electron chi connectivity index (χ4n) is 2.05. The highest BCUT2D eigenvalue weighted by Crippen LogP contribution is 2.26. The van der Waals surface area contributed by atoms with Gasteiger partial charge in [-0.3, -0.25) is 4.79 Å². The SMILES string of the molecule is CCC(C)(C)C(=O)Oc1ccc(C(O)c2ccc(C)cc2)cc1. The molecule has 1 N–H and O–H groups in total. The molecule has 0 radical (unpaired) electrons. The Kier molecular flexibility index (Phi) is 5.22. The Balaban J connectivity index is 2.10. The van der Waals surface area contributed by atoms with Crippen LogP contribution in [-0.4, -0.2) is 11.1 Å². The highest BCUT2D eigenvalue weighted by molar-refractivity contribution is 5.78. The van der Waals surface area contributed by atoms with Crippen LogP contribution >= 0.6 is 0 Å². The topological polar surface area (TPSA) is 46.5 Å². The van der Waals surface area contributed by atoms with Gasteiger partial charge in [-0.15, -0.1) is 0 Å². The number of ether oxygens (including phenoxy) is 1. The summed E-state index contributed by atoms with van der Waals surface area (Å²) in [6.07, 6.45) is 0.0307. The summed E-state index contributed by atoms with van der Waals surface area (Å²) in [5.41, 5.74) is 2.26. The van der Waals surface area contributed by atoms with E-state index in [1.807, 2.05) is 52.0 Å². The molecule has 3 nitrogen and oxygen atoms in total. The van der Waals surface area contributed by atoms with E-state index in [0.717, 1.165) is 23.1 Å². The van der Waals surface area contributed by atoms with Gasteiger partial charge in [0, 0.05) is 0 Å². The molecule has 1 unspecified atom stereocenters. The molecule has 0 amide bonds. The number of carbonyl (C=O) groups is 1. The molecular weight excluding hydrogens is 288 g/mol. The van der Waals surface area contributed by atoms with E-state index in [1.54, 1.807) is 24.3 Å². The van der Waals surface area contributed by atoms with E-state index in [-0.39, 0.29) is 5.97 Å². The summed E-state index contributed by atoms with van der Waals surface area (Å²) >= 11 is 0. The minimum Gasteiger partial charge on any atom is -0.426 e. The third-order valence-electron chi connectivity index (χ3n) is 4.24. The van der Waals surface area contributed by atoms with Crippen molar-refractivity contribution in [1.29, 1.82) is 0 Å². The number of aliphatic hydroxyl groups is 1. The molecule has 23 heavy (non-hydrogen) atoms. The van der Waals surface area contributed by atoms with Crippen LogP contribution in [0.15, 0.2) is 48.5 Å². The van der Waals surface area contributed by atoms with Crippen LogP contribution in [0.4, 0.5) is 0 Å². The van der Waals surface area contributed by atoms with Gasteiger partial charge in [0.15, 0.2) is 0 Å². The number of hydrogen-bond donors (Lipinski definition) is 1. The molecule has 0 saturated carbocycles. The van der Waals surface area contributed by atoms with Crippen molar-refractivity contribution in [2.75, 3.05) is 0 Å². The first-order valence-corrected chi connectivity index (χ1v) is 7.90. The smallest absolute Gasteiger partial charge is 0.316 e. The zero-order valence-corrected chi connectivity index (χ0v) is 14.2. The van der Waals surface area contributed by atoms with Crippen molar-refractivity contribution in [2.45, 2.75) is 40.2 Å². The third-order valence-corrected chi connectivity index (χ3v) is 4.24. The van der Waals surface area contributed by atoms with Crippen molar-refractivity contribution in [3.63, 3.8) is 0 Å².